The number of piperidine rings is 1. The topological polar surface area (TPSA) is 28.2 Å². The molecule has 4 heteroatoms. The van der Waals surface area contributed by atoms with Crippen molar-refractivity contribution in [3.05, 3.63) is 10.6 Å². The summed E-state index contributed by atoms with van der Waals surface area (Å²) in [6, 6.07) is 0. The number of thiazole rings is 1. The Bertz CT molecular complexity index is 414. The van der Waals surface area contributed by atoms with E-state index in [0.717, 1.165) is 13.0 Å². The molecular weight excluding hydrogens is 266 g/mol. The van der Waals surface area contributed by atoms with Gasteiger partial charge in [0, 0.05) is 30.1 Å². The van der Waals surface area contributed by atoms with Crippen molar-refractivity contribution in [1.29, 1.82) is 0 Å². The van der Waals surface area contributed by atoms with Crippen LogP contribution in [0.4, 0.5) is 5.13 Å². The van der Waals surface area contributed by atoms with Crippen LogP contribution in [0.3, 0.4) is 0 Å². The normalized spacial score (nSPS) is 16.7. The van der Waals surface area contributed by atoms with Crippen LogP contribution in [0.25, 0.3) is 0 Å². The van der Waals surface area contributed by atoms with E-state index in [0.29, 0.717) is 0 Å². The standard InChI is InChI=1S/C16H29N3S/c1-5-9-13-14(12-17-16(2,3)4)20-15(18-13)19-10-7-6-8-11-19/h17H,5-12H2,1-4H3. The first-order chi connectivity index (χ1) is 9.49. The second-order valence-electron chi connectivity index (χ2n) is 6.77. The first-order valence-corrected chi connectivity index (χ1v) is 8.80. The van der Waals surface area contributed by atoms with Crippen molar-refractivity contribution >= 4 is 16.5 Å². The number of nitrogens with one attached hydrogen (secondary N) is 1. The van der Waals surface area contributed by atoms with Gasteiger partial charge >= 0.3 is 0 Å². The maximum Gasteiger partial charge on any atom is 0.185 e. The highest BCUT2D eigenvalue weighted by atomic mass is 32.1. The molecule has 0 radical (unpaired) electrons. The molecule has 1 aromatic heterocycles. The van der Waals surface area contributed by atoms with E-state index in [1.165, 1.54) is 54.5 Å². The van der Waals surface area contributed by atoms with Crippen molar-refractivity contribution in [2.75, 3.05) is 18.0 Å². The molecule has 1 saturated heterocycles. The molecule has 1 aromatic rings. The molecule has 0 bridgehead atoms. The van der Waals surface area contributed by atoms with Crippen LogP contribution in [-0.2, 0) is 13.0 Å². The van der Waals surface area contributed by atoms with Gasteiger partial charge in [-0.25, -0.2) is 4.98 Å². The molecule has 2 rings (SSSR count). The average molecular weight is 295 g/mol. The average Bonchev–Trinajstić information content (AvgIpc) is 2.80. The lowest BCUT2D eigenvalue weighted by atomic mass is 10.1. The molecule has 0 unspecified atom stereocenters. The van der Waals surface area contributed by atoms with Crippen LogP contribution in [0.1, 0.15) is 63.9 Å². The fraction of sp³-hybridized carbons (Fsp3) is 0.812. The number of nitrogens with zero attached hydrogens (tertiary/aromatic N) is 2. The first kappa shape index (κ1) is 15.8. The fourth-order valence-corrected chi connectivity index (χ4v) is 3.60. The van der Waals surface area contributed by atoms with E-state index >= 15 is 0 Å². The summed E-state index contributed by atoms with van der Waals surface area (Å²) in [5, 5.41) is 4.85. The maximum atomic E-state index is 4.93. The lowest BCUT2D eigenvalue weighted by molar-refractivity contribution is 0.425. The summed E-state index contributed by atoms with van der Waals surface area (Å²) in [6.07, 6.45) is 6.29. The highest BCUT2D eigenvalue weighted by Gasteiger charge is 2.19. The minimum absolute atomic E-state index is 0.165. The van der Waals surface area contributed by atoms with E-state index in [1.807, 2.05) is 11.3 Å². The summed E-state index contributed by atoms with van der Waals surface area (Å²) in [4.78, 5) is 8.84. The highest BCUT2D eigenvalue weighted by molar-refractivity contribution is 7.15. The van der Waals surface area contributed by atoms with Crippen LogP contribution in [0.15, 0.2) is 0 Å². The maximum absolute atomic E-state index is 4.93. The summed E-state index contributed by atoms with van der Waals surface area (Å²) in [5.74, 6) is 0. The summed E-state index contributed by atoms with van der Waals surface area (Å²) in [6.45, 7) is 12.2. The zero-order chi connectivity index (χ0) is 14.6. The van der Waals surface area contributed by atoms with Gasteiger partial charge in [-0.15, -0.1) is 11.3 Å². The second-order valence-corrected chi connectivity index (χ2v) is 7.83. The Balaban J connectivity index is 2.10. The molecule has 1 N–H and O–H groups in total. The third kappa shape index (κ3) is 4.45. The van der Waals surface area contributed by atoms with E-state index in [4.69, 9.17) is 4.98 Å². The molecule has 0 amide bonds. The van der Waals surface area contributed by atoms with Crippen molar-refractivity contribution in [1.82, 2.24) is 10.3 Å². The molecule has 0 aliphatic carbocycles. The summed E-state index contributed by atoms with van der Waals surface area (Å²) < 4.78 is 0. The summed E-state index contributed by atoms with van der Waals surface area (Å²) in [7, 11) is 0. The SMILES string of the molecule is CCCc1nc(N2CCCCC2)sc1CNC(C)(C)C. The van der Waals surface area contributed by atoms with E-state index < -0.39 is 0 Å². The summed E-state index contributed by atoms with van der Waals surface area (Å²) >= 11 is 1.90. The molecule has 0 spiro atoms. The third-order valence-electron chi connectivity index (χ3n) is 3.66. The van der Waals surface area contributed by atoms with E-state index in [-0.39, 0.29) is 5.54 Å². The number of hydrogen-bond donors (Lipinski definition) is 1. The largest absolute Gasteiger partial charge is 0.348 e. The smallest absolute Gasteiger partial charge is 0.185 e. The van der Waals surface area contributed by atoms with Gasteiger partial charge in [-0.2, -0.15) is 0 Å². The number of aromatic nitrogens is 1. The van der Waals surface area contributed by atoms with Gasteiger partial charge in [0.25, 0.3) is 0 Å². The van der Waals surface area contributed by atoms with Crippen LogP contribution >= 0.6 is 11.3 Å². The van der Waals surface area contributed by atoms with Crippen LogP contribution in [0.2, 0.25) is 0 Å². The predicted molar refractivity (Wildman–Crippen MR) is 88.8 cm³/mol. The fourth-order valence-electron chi connectivity index (χ4n) is 2.51. The molecule has 0 saturated carbocycles. The van der Waals surface area contributed by atoms with Gasteiger partial charge in [0.15, 0.2) is 5.13 Å². The van der Waals surface area contributed by atoms with Crippen molar-refractivity contribution in [2.24, 2.45) is 0 Å². The van der Waals surface area contributed by atoms with Crippen LogP contribution in [-0.4, -0.2) is 23.6 Å². The summed E-state index contributed by atoms with van der Waals surface area (Å²) in [5.41, 5.74) is 1.48. The zero-order valence-electron chi connectivity index (χ0n) is 13.5. The molecular formula is C16H29N3S. The quantitative estimate of drug-likeness (QED) is 0.891. The van der Waals surface area contributed by atoms with E-state index in [2.05, 4.69) is 37.9 Å². The van der Waals surface area contributed by atoms with Crippen molar-refractivity contribution < 1.29 is 0 Å². The molecule has 114 valence electrons. The van der Waals surface area contributed by atoms with Gasteiger partial charge in [0.05, 0.1) is 5.69 Å². The Morgan fingerprint density at radius 3 is 2.50 bits per heavy atom. The number of hydrogen-bond acceptors (Lipinski definition) is 4. The van der Waals surface area contributed by atoms with Crippen molar-refractivity contribution in [3.8, 4) is 0 Å². The molecule has 20 heavy (non-hydrogen) atoms. The van der Waals surface area contributed by atoms with Crippen LogP contribution < -0.4 is 10.2 Å². The van der Waals surface area contributed by atoms with Gasteiger partial charge < -0.3 is 10.2 Å². The van der Waals surface area contributed by atoms with Gasteiger partial charge in [0.1, 0.15) is 0 Å². The Labute approximate surface area is 127 Å². The number of aryl methyl sites for hydroxylation is 1. The predicted octanol–water partition coefficient (Wildman–Crippen LogP) is 3.97. The molecule has 1 aliphatic heterocycles. The minimum Gasteiger partial charge on any atom is -0.348 e. The molecule has 0 atom stereocenters. The molecule has 0 aromatic carbocycles. The third-order valence-corrected chi connectivity index (χ3v) is 4.82. The second kappa shape index (κ2) is 6.90. The minimum atomic E-state index is 0.165. The Kier molecular flexibility index (Phi) is 5.44. The molecule has 1 fully saturated rings. The zero-order valence-corrected chi connectivity index (χ0v) is 14.3. The number of anilines is 1. The van der Waals surface area contributed by atoms with Crippen molar-refractivity contribution in [3.63, 3.8) is 0 Å². The Hall–Kier alpha value is -0.610. The number of rotatable bonds is 5. The molecule has 3 nitrogen and oxygen atoms in total. The van der Waals surface area contributed by atoms with Crippen molar-refractivity contribution in [2.45, 2.75) is 71.9 Å². The first-order valence-electron chi connectivity index (χ1n) is 7.98. The molecule has 2 heterocycles. The van der Waals surface area contributed by atoms with E-state index in [9.17, 15) is 0 Å². The lowest BCUT2D eigenvalue weighted by Gasteiger charge is -2.25. The lowest BCUT2D eigenvalue weighted by Crippen LogP contribution is -2.35. The van der Waals surface area contributed by atoms with Gasteiger partial charge in [0.2, 0.25) is 0 Å². The molecule has 1 aliphatic rings. The highest BCUT2D eigenvalue weighted by Crippen LogP contribution is 2.29. The van der Waals surface area contributed by atoms with Crippen LogP contribution in [0.5, 0.6) is 0 Å². The van der Waals surface area contributed by atoms with Gasteiger partial charge in [-0.05, 0) is 46.5 Å². The Morgan fingerprint density at radius 1 is 1.20 bits per heavy atom. The van der Waals surface area contributed by atoms with Crippen LogP contribution in [0, 0.1) is 0 Å². The Morgan fingerprint density at radius 2 is 1.90 bits per heavy atom. The van der Waals surface area contributed by atoms with E-state index in [1.54, 1.807) is 0 Å². The van der Waals surface area contributed by atoms with Gasteiger partial charge in [-0.1, -0.05) is 13.3 Å². The van der Waals surface area contributed by atoms with Gasteiger partial charge in [-0.3, -0.25) is 0 Å². The monoisotopic (exact) mass is 295 g/mol.